The van der Waals surface area contributed by atoms with Gasteiger partial charge >= 0.3 is 0 Å². The smallest absolute Gasteiger partial charge is 0.00201 e. The van der Waals surface area contributed by atoms with Crippen LogP contribution in [-0.2, 0) is 11.8 Å². The van der Waals surface area contributed by atoms with Crippen molar-refractivity contribution in [3.05, 3.63) is 35.4 Å². The Morgan fingerprint density at radius 1 is 1.12 bits per heavy atom. The van der Waals surface area contributed by atoms with Crippen molar-refractivity contribution in [1.29, 1.82) is 0 Å². The Hall–Kier alpha value is -0.820. The Kier molecular flexibility index (Phi) is 5.20. The minimum Gasteiger partial charge on any atom is -0.317 e. The average Bonchev–Trinajstić information content (AvgIpc) is 2.26. The molecule has 0 aliphatic rings. The van der Waals surface area contributed by atoms with Crippen molar-refractivity contribution in [2.24, 2.45) is 5.92 Å². The molecule has 0 aliphatic carbocycles. The van der Waals surface area contributed by atoms with Crippen LogP contribution in [0.15, 0.2) is 24.3 Å². The Morgan fingerprint density at radius 3 is 2.18 bits per heavy atom. The summed E-state index contributed by atoms with van der Waals surface area (Å²) in [5.41, 5.74) is 3.12. The lowest BCUT2D eigenvalue weighted by Gasteiger charge is -2.19. The molecule has 0 saturated carbocycles. The van der Waals surface area contributed by atoms with Gasteiger partial charge in [-0.2, -0.15) is 0 Å². The zero-order valence-corrected chi connectivity index (χ0v) is 12.0. The topological polar surface area (TPSA) is 12.0 Å². The zero-order chi connectivity index (χ0) is 12.9. The Morgan fingerprint density at radius 2 is 1.71 bits per heavy atom. The number of benzene rings is 1. The second-order valence-electron chi connectivity index (χ2n) is 6.06. The summed E-state index contributed by atoms with van der Waals surface area (Å²) in [6, 6.07) is 9.11. The molecule has 0 amide bonds. The Bertz CT molecular complexity index is 318. The number of nitrogens with one attached hydrogen (secondary N) is 1. The van der Waals surface area contributed by atoms with E-state index in [4.69, 9.17) is 0 Å². The van der Waals surface area contributed by atoms with Gasteiger partial charge in [-0.15, -0.1) is 0 Å². The molecule has 0 heterocycles. The van der Waals surface area contributed by atoms with Gasteiger partial charge in [0.25, 0.3) is 0 Å². The van der Waals surface area contributed by atoms with E-state index in [0.717, 1.165) is 19.5 Å². The predicted molar refractivity (Wildman–Crippen MR) is 76.6 cm³/mol. The highest BCUT2D eigenvalue weighted by Gasteiger charge is 2.13. The van der Waals surface area contributed by atoms with Crippen LogP contribution in [0.3, 0.4) is 0 Å². The van der Waals surface area contributed by atoms with Crippen LogP contribution in [0, 0.1) is 5.92 Å². The first-order valence-corrected chi connectivity index (χ1v) is 6.73. The summed E-state index contributed by atoms with van der Waals surface area (Å²) in [5, 5.41) is 3.40. The van der Waals surface area contributed by atoms with E-state index in [0.29, 0.717) is 5.92 Å². The molecule has 0 aliphatic heterocycles. The first kappa shape index (κ1) is 14.2. The van der Waals surface area contributed by atoms with Gasteiger partial charge in [-0.1, -0.05) is 58.9 Å². The molecule has 17 heavy (non-hydrogen) atoms. The van der Waals surface area contributed by atoms with Gasteiger partial charge in [0.05, 0.1) is 0 Å². The molecule has 1 aromatic rings. The molecule has 0 fully saturated rings. The molecule has 1 atom stereocenters. The van der Waals surface area contributed by atoms with Crippen LogP contribution in [0.2, 0.25) is 0 Å². The minimum absolute atomic E-state index is 0.258. The molecular weight excluding hydrogens is 206 g/mol. The van der Waals surface area contributed by atoms with Crippen LogP contribution in [0.4, 0.5) is 0 Å². The first-order valence-electron chi connectivity index (χ1n) is 6.73. The fraction of sp³-hybridized carbons (Fsp3) is 0.625. The van der Waals surface area contributed by atoms with Crippen LogP contribution < -0.4 is 5.32 Å². The lowest BCUT2D eigenvalue weighted by atomic mass is 9.86. The van der Waals surface area contributed by atoms with E-state index in [9.17, 15) is 0 Å². The Labute approximate surface area is 107 Å². The lowest BCUT2D eigenvalue weighted by molar-refractivity contribution is 0.521. The molecule has 0 saturated heterocycles. The molecular formula is C16H27N. The standard InChI is InChI=1S/C16H27N/c1-6-17-12-13(2)11-14-7-9-15(10-8-14)16(3,4)5/h7-10,13,17H,6,11-12H2,1-5H3. The third kappa shape index (κ3) is 4.91. The summed E-state index contributed by atoms with van der Waals surface area (Å²) in [5.74, 6) is 0.704. The van der Waals surface area contributed by atoms with Crippen molar-refractivity contribution >= 4 is 0 Å². The fourth-order valence-electron chi connectivity index (χ4n) is 2.01. The highest BCUT2D eigenvalue weighted by Crippen LogP contribution is 2.22. The fourth-order valence-corrected chi connectivity index (χ4v) is 2.01. The van der Waals surface area contributed by atoms with E-state index < -0.39 is 0 Å². The maximum atomic E-state index is 3.40. The van der Waals surface area contributed by atoms with Crippen molar-refractivity contribution in [1.82, 2.24) is 5.32 Å². The van der Waals surface area contributed by atoms with Crippen LogP contribution >= 0.6 is 0 Å². The van der Waals surface area contributed by atoms with Gasteiger partial charge in [0.1, 0.15) is 0 Å². The number of rotatable bonds is 5. The highest BCUT2D eigenvalue weighted by molar-refractivity contribution is 5.27. The molecule has 0 spiro atoms. The molecule has 1 nitrogen and oxygen atoms in total. The summed E-state index contributed by atoms with van der Waals surface area (Å²) in [4.78, 5) is 0. The van der Waals surface area contributed by atoms with Crippen LogP contribution in [0.25, 0.3) is 0 Å². The third-order valence-electron chi connectivity index (χ3n) is 3.15. The molecule has 1 heteroatoms. The first-order chi connectivity index (χ1) is 7.93. The summed E-state index contributed by atoms with van der Waals surface area (Å²) in [6.07, 6.45) is 1.16. The van der Waals surface area contributed by atoms with Gasteiger partial charge < -0.3 is 5.32 Å². The van der Waals surface area contributed by atoms with Crippen LogP contribution in [-0.4, -0.2) is 13.1 Å². The second kappa shape index (κ2) is 6.20. The van der Waals surface area contributed by atoms with Crippen molar-refractivity contribution in [2.45, 2.75) is 46.5 Å². The van der Waals surface area contributed by atoms with E-state index in [1.807, 2.05) is 0 Å². The van der Waals surface area contributed by atoms with Crippen molar-refractivity contribution in [3.8, 4) is 0 Å². The van der Waals surface area contributed by atoms with Crippen molar-refractivity contribution in [2.75, 3.05) is 13.1 Å². The van der Waals surface area contributed by atoms with E-state index in [1.54, 1.807) is 0 Å². The third-order valence-corrected chi connectivity index (χ3v) is 3.15. The van der Waals surface area contributed by atoms with E-state index in [1.165, 1.54) is 11.1 Å². The minimum atomic E-state index is 0.258. The van der Waals surface area contributed by atoms with Gasteiger partial charge in [0, 0.05) is 0 Å². The van der Waals surface area contributed by atoms with Gasteiger partial charge in [0.15, 0.2) is 0 Å². The van der Waals surface area contributed by atoms with E-state index in [-0.39, 0.29) is 5.41 Å². The summed E-state index contributed by atoms with van der Waals surface area (Å²) in [7, 11) is 0. The Balaban J connectivity index is 2.56. The molecule has 0 bridgehead atoms. The lowest BCUT2D eigenvalue weighted by Crippen LogP contribution is -2.21. The number of hydrogen-bond donors (Lipinski definition) is 1. The maximum absolute atomic E-state index is 3.40. The summed E-state index contributed by atoms with van der Waals surface area (Å²) >= 11 is 0. The van der Waals surface area contributed by atoms with Gasteiger partial charge in [-0.25, -0.2) is 0 Å². The van der Waals surface area contributed by atoms with Crippen molar-refractivity contribution in [3.63, 3.8) is 0 Å². The van der Waals surface area contributed by atoms with Gasteiger partial charge in [0.2, 0.25) is 0 Å². The van der Waals surface area contributed by atoms with E-state index >= 15 is 0 Å². The monoisotopic (exact) mass is 233 g/mol. The predicted octanol–water partition coefficient (Wildman–Crippen LogP) is 3.77. The average molecular weight is 233 g/mol. The quantitative estimate of drug-likeness (QED) is 0.816. The largest absolute Gasteiger partial charge is 0.317 e. The highest BCUT2D eigenvalue weighted by atomic mass is 14.8. The molecule has 96 valence electrons. The SMILES string of the molecule is CCNCC(C)Cc1ccc(C(C)(C)C)cc1. The molecule has 1 aromatic carbocycles. The van der Waals surface area contributed by atoms with Crippen molar-refractivity contribution < 1.29 is 0 Å². The molecule has 0 aromatic heterocycles. The van der Waals surface area contributed by atoms with Crippen LogP contribution in [0.5, 0.6) is 0 Å². The van der Waals surface area contributed by atoms with Gasteiger partial charge in [-0.3, -0.25) is 0 Å². The maximum Gasteiger partial charge on any atom is -0.00201 e. The zero-order valence-electron chi connectivity index (χ0n) is 12.0. The molecule has 1 N–H and O–H groups in total. The van der Waals surface area contributed by atoms with E-state index in [2.05, 4.69) is 64.2 Å². The molecule has 0 radical (unpaired) electrons. The number of hydrogen-bond acceptors (Lipinski definition) is 1. The molecule has 1 unspecified atom stereocenters. The van der Waals surface area contributed by atoms with Crippen LogP contribution in [0.1, 0.15) is 45.7 Å². The summed E-state index contributed by atoms with van der Waals surface area (Å²) in [6.45, 7) is 13.4. The second-order valence-corrected chi connectivity index (χ2v) is 6.06. The normalized spacial score (nSPS) is 13.7. The summed E-state index contributed by atoms with van der Waals surface area (Å²) < 4.78 is 0. The van der Waals surface area contributed by atoms with Gasteiger partial charge in [-0.05, 0) is 42.0 Å². The molecule has 1 rings (SSSR count).